The van der Waals surface area contributed by atoms with Crippen molar-refractivity contribution in [3.63, 3.8) is 0 Å². The van der Waals surface area contributed by atoms with Gasteiger partial charge in [0.25, 0.3) is 11.8 Å². The van der Waals surface area contributed by atoms with Crippen LogP contribution in [0.15, 0.2) is 46.3 Å². The summed E-state index contributed by atoms with van der Waals surface area (Å²) in [4.78, 5) is 35.9. The van der Waals surface area contributed by atoms with E-state index in [4.69, 9.17) is 4.52 Å². The van der Waals surface area contributed by atoms with Gasteiger partial charge in [0.15, 0.2) is 11.5 Å². The van der Waals surface area contributed by atoms with Gasteiger partial charge in [-0.25, -0.2) is 14.5 Å². The number of aromatic nitrogens is 5. The van der Waals surface area contributed by atoms with E-state index in [2.05, 4.69) is 30.5 Å². The van der Waals surface area contributed by atoms with Gasteiger partial charge in [-0.15, -0.1) is 0 Å². The molecule has 10 heteroatoms. The van der Waals surface area contributed by atoms with Crippen molar-refractivity contribution in [2.24, 2.45) is 4.99 Å². The first kappa shape index (κ1) is 14.9. The van der Waals surface area contributed by atoms with Crippen LogP contribution >= 0.6 is 0 Å². The number of hydrogen-bond donors (Lipinski definition) is 1. The van der Waals surface area contributed by atoms with Crippen LogP contribution in [0.25, 0.3) is 5.65 Å². The second-order valence-corrected chi connectivity index (χ2v) is 5.15. The van der Waals surface area contributed by atoms with Crippen LogP contribution in [0.1, 0.15) is 28.0 Å². The summed E-state index contributed by atoms with van der Waals surface area (Å²) in [6, 6.07) is 1.71. The number of carbonyl (C=O) groups is 2. The number of nitrogens with zero attached hydrogens (tertiary/aromatic N) is 6. The first-order valence-corrected chi connectivity index (χ1v) is 7.36. The summed E-state index contributed by atoms with van der Waals surface area (Å²) in [7, 11) is 0. The fourth-order valence-corrected chi connectivity index (χ4v) is 2.34. The van der Waals surface area contributed by atoms with E-state index in [-0.39, 0.29) is 30.1 Å². The summed E-state index contributed by atoms with van der Waals surface area (Å²) >= 11 is 0. The van der Waals surface area contributed by atoms with Crippen molar-refractivity contribution >= 4 is 23.7 Å². The molecular formula is C15H11N7O3. The van der Waals surface area contributed by atoms with Gasteiger partial charge in [0, 0.05) is 18.6 Å². The molecule has 0 saturated heterocycles. The molecule has 0 radical (unpaired) electrons. The molecule has 0 fully saturated rings. The molecule has 0 bridgehead atoms. The summed E-state index contributed by atoms with van der Waals surface area (Å²) < 4.78 is 6.57. The van der Waals surface area contributed by atoms with Gasteiger partial charge in [0.2, 0.25) is 5.89 Å². The lowest BCUT2D eigenvalue weighted by Crippen LogP contribution is -2.23. The predicted octanol–water partition coefficient (Wildman–Crippen LogP) is 0.293. The number of fused-ring (bicyclic) bond motifs is 1. The molecular weight excluding hydrogens is 326 g/mol. The molecule has 2 amide bonds. The highest BCUT2D eigenvalue weighted by atomic mass is 16.5. The second-order valence-electron chi connectivity index (χ2n) is 5.15. The lowest BCUT2D eigenvalue weighted by molar-refractivity contribution is -0.118. The Labute approximate surface area is 140 Å². The lowest BCUT2D eigenvalue weighted by atomic mass is 10.1. The zero-order valence-electron chi connectivity index (χ0n) is 12.7. The van der Waals surface area contributed by atoms with E-state index in [1.807, 2.05) is 0 Å². The van der Waals surface area contributed by atoms with E-state index >= 15 is 0 Å². The lowest BCUT2D eigenvalue weighted by Gasteiger charge is -2.04. The Kier molecular flexibility index (Phi) is 3.61. The van der Waals surface area contributed by atoms with Gasteiger partial charge in [-0.05, 0) is 12.1 Å². The summed E-state index contributed by atoms with van der Waals surface area (Å²) in [6.07, 6.45) is 9.38. The van der Waals surface area contributed by atoms with Gasteiger partial charge < -0.3 is 9.84 Å². The van der Waals surface area contributed by atoms with Crippen LogP contribution in [0.4, 0.5) is 0 Å². The Morgan fingerprint density at radius 1 is 1.40 bits per heavy atom. The van der Waals surface area contributed by atoms with Crippen LogP contribution in [0, 0.1) is 0 Å². The van der Waals surface area contributed by atoms with Crippen molar-refractivity contribution in [3.8, 4) is 0 Å². The van der Waals surface area contributed by atoms with Crippen LogP contribution < -0.4 is 5.32 Å². The third-order valence-corrected chi connectivity index (χ3v) is 3.54. The van der Waals surface area contributed by atoms with Gasteiger partial charge in [-0.1, -0.05) is 11.2 Å². The van der Waals surface area contributed by atoms with Gasteiger partial charge in [-0.2, -0.15) is 10.1 Å². The molecule has 0 spiro atoms. The predicted molar refractivity (Wildman–Crippen MR) is 83.8 cm³/mol. The monoisotopic (exact) mass is 337 g/mol. The number of aliphatic imine (C=N–C) groups is 1. The third-order valence-electron chi connectivity index (χ3n) is 3.54. The van der Waals surface area contributed by atoms with E-state index in [1.165, 1.54) is 16.9 Å². The highest BCUT2D eigenvalue weighted by molar-refractivity contribution is 5.99. The molecule has 0 aliphatic carbocycles. The Morgan fingerprint density at radius 3 is 3.20 bits per heavy atom. The number of allylic oxidation sites excluding steroid dienone is 1. The van der Waals surface area contributed by atoms with Crippen molar-refractivity contribution < 1.29 is 14.1 Å². The Balaban J connectivity index is 1.45. The SMILES string of the molecule is O=C(NCc1nc(C2C=CC=NC2=O)no1)c1cnn2cccnc12. The molecule has 4 heterocycles. The maximum atomic E-state index is 12.3. The minimum absolute atomic E-state index is 0.0178. The molecule has 124 valence electrons. The molecule has 1 atom stereocenters. The molecule has 1 unspecified atom stereocenters. The Morgan fingerprint density at radius 2 is 2.32 bits per heavy atom. The first-order chi connectivity index (χ1) is 12.2. The van der Waals surface area contributed by atoms with Crippen molar-refractivity contribution in [1.29, 1.82) is 0 Å². The first-order valence-electron chi connectivity index (χ1n) is 7.36. The maximum Gasteiger partial charge on any atom is 0.260 e. The fraction of sp³-hybridized carbons (Fsp3) is 0.133. The average molecular weight is 337 g/mol. The van der Waals surface area contributed by atoms with Crippen LogP contribution in [0.5, 0.6) is 0 Å². The summed E-state index contributed by atoms with van der Waals surface area (Å²) in [5.74, 6) is -1.01. The van der Waals surface area contributed by atoms with Crippen LogP contribution in [0.3, 0.4) is 0 Å². The molecule has 0 saturated carbocycles. The maximum absolute atomic E-state index is 12.3. The zero-order valence-corrected chi connectivity index (χ0v) is 12.7. The van der Waals surface area contributed by atoms with Crippen molar-refractivity contribution in [2.45, 2.75) is 12.5 Å². The smallest absolute Gasteiger partial charge is 0.260 e. The molecule has 0 aromatic carbocycles. The Bertz CT molecular complexity index is 1020. The molecule has 3 aromatic heterocycles. The van der Waals surface area contributed by atoms with Gasteiger partial charge in [-0.3, -0.25) is 9.59 Å². The average Bonchev–Trinajstić information content (AvgIpc) is 3.27. The largest absolute Gasteiger partial charge is 0.343 e. The Hall–Kier alpha value is -3.69. The van der Waals surface area contributed by atoms with E-state index in [9.17, 15) is 9.59 Å². The fourth-order valence-electron chi connectivity index (χ4n) is 2.34. The quantitative estimate of drug-likeness (QED) is 0.724. The molecule has 1 aliphatic rings. The molecule has 4 rings (SSSR count). The third kappa shape index (κ3) is 2.80. The van der Waals surface area contributed by atoms with Crippen molar-refractivity contribution in [3.05, 3.63) is 54.1 Å². The van der Waals surface area contributed by atoms with Crippen molar-refractivity contribution in [1.82, 2.24) is 30.1 Å². The van der Waals surface area contributed by atoms with Crippen LogP contribution in [-0.2, 0) is 11.3 Å². The summed E-state index contributed by atoms with van der Waals surface area (Å²) in [6.45, 7) is 0.0178. The highest BCUT2D eigenvalue weighted by Crippen LogP contribution is 2.18. The van der Waals surface area contributed by atoms with Crippen molar-refractivity contribution in [2.75, 3.05) is 0 Å². The second kappa shape index (κ2) is 6.07. The molecule has 10 nitrogen and oxygen atoms in total. The van der Waals surface area contributed by atoms with Crippen LogP contribution in [0.2, 0.25) is 0 Å². The number of hydrogen-bond acceptors (Lipinski definition) is 7. The minimum Gasteiger partial charge on any atom is -0.343 e. The highest BCUT2D eigenvalue weighted by Gasteiger charge is 2.24. The number of rotatable bonds is 4. The molecule has 25 heavy (non-hydrogen) atoms. The zero-order chi connectivity index (χ0) is 17.2. The van der Waals surface area contributed by atoms with Gasteiger partial charge in [0.05, 0.1) is 12.7 Å². The van der Waals surface area contributed by atoms with E-state index in [0.29, 0.717) is 11.2 Å². The van der Waals surface area contributed by atoms with E-state index in [1.54, 1.807) is 30.6 Å². The summed E-state index contributed by atoms with van der Waals surface area (Å²) in [5, 5.41) is 10.5. The summed E-state index contributed by atoms with van der Waals surface area (Å²) in [5.41, 5.74) is 0.780. The van der Waals surface area contributed by atoms with Gasteiger partial charge >= 0.3 is 0 Å². The molecule has 1 N–H and O–H groups in total. The molecule has 3 aromatic rings. The number of nitrogens with one attached hydrogen (secondary N) is 1. The van der Waals surface area contributed by atoms with E-state index < -0.39 is 5.92 Å². The number of carbonyl (C=O) groups excluding carboxylic acids is 2. The number of amides is 2. The van der Waals surface area contributed by atoms with Gasteiger partial charge in [0.1, 0.15) is 11.5 Å². The number of dihydropyridines is 1. The minimum atomic E-state index is -0.665. The topological polar surface area (TPSA) is 128 Å². The van der Waals surface area contributed by atoms with E-state index in [0.717, 1.165) is 0 Å². The molecule has 1 aliphatic heterocycles. The van der Waals surface area contributed by atoms with Crippen LogP contribution in [-0.4, -0.2) is 42.8 Å². The standard InChI is InChI=1S/C15H11N7O3/c23-14-9(3-1-4-17-14)12-20-11(25-21-12)8-18-15(24)10-7-19-22-6-2-5-16-13(10)22/h1-7,9H,8H2,(H,18,24). The normalized spacial score (nSPS) is 16.5.